The van der Waals surface area contributed by atoms with E-state index < -0.39 is 0 Å². The first-order chi connectivity index (χ1) is 13.1. The molecule has 138 valence electrons. The monoisotopic (exact) mass is 384 g/mol. The molecule has 1 aliphatic rings. The molecule has 2 heterocycles. The molecule has 1 aromatic heterocycles. The number of ether oxygens (including phenoxy) is 1. The molecule has 1 atom stereocenters. The average Bonchev–Trinajstić information content (AvgIpc) is 3.18. The van der Waals surface area contributed by atoms with Gasteiger partial charge in [0.1, 0.15) is 17.1 Å². The minimum atomic E-state index is -0.278. The molecule has 1 saturated heterocycles. The van der Waals surface area contributed by atoms with Crippen LogP contribution < -0.4 is 4.74 Å². The third kappa shape index (κ3) is 3.60. The first kappa shape index (κ1) is 17.7. The van der Waals surface area contributed by atoms with Crippen LogP contribution in [0.2, 0.25) is 5.02 Å². The Kier molecular flexibility index (Phi) is 4.94. The Labute approximate surface area is 161 Å². The standard InChI is InChI=1S/C21H18ClFN2O2/c22-17-9-10-19(21-16(17)3-1-11-24-21)27-13-20(26)25-12-2-4-18(25)14-5-7-15(23)8-6-14/h1,3,5-11,18H,2,4,12-13H2. The lowest BCUT2D eigenvalue weighted by Crippen LogP contribution is -2.34. The molecule has 6 heteroatoms. The van der Waals surface area contributed by atoms with Crippen LogP contribution in [-0.2, 0) is 4.79 Å². The van der Waals surface area contributed by atoms with Crippen molar-refractivity contribution in [1.82, 2.24) is 9.88 Å². The van der Waals surface area contributed by atoms with Gasteiger partial charge in [-0.2, -0.15) is 0 Å². The second kappa shape index (κ2) is 7.53. The highest BCUT2D eigenvalue weighted by molar-refractivity contribution is 6.35. The van der Waals surface area contributed by atoms with Crippen molar-refractivity contribution < 1.29 is 13.9 Å². The maximum atomic E-state index is 13.2. The van der Waals surface area contributed by atoms with Gasteiger partial charge in [-0.3, -0.25) is 9.78 Å². The summed E-state index contributed by atoms with van der Waals surface area (Å²) in [6.07, 6.45) is 3.44. The lowest BCUT2D eigenvalue weighted by Gasteiger charge is -2.25. The predicted octanol–water partition coefficient (Wildman–Crippen LogP) is 4.77. The second-order valence-electron chi connectivity index (χ2n) is 6.53. The first-order valence-electron chi connectivity index (χ1n) is 8.84. The van der Waals surface area contributed by atoms with E-state index in [0.29, 0.717) is 22.8 Å². The third-order valence-corrected chi connectivity index (χ3v) is 5.19. The molecule has 4 rings (SSSR count). The van der Waals surface area contributed by atoms with Gasteiger partial charge in [0.15, 0.2) is 6.61 Å². The summed E-state index contributed by atoms with van der Waals surface area (Å²) in [4.78, 5) is 18.9. The number of amides is 1. The molecule has 0 aliphatic carbocycles. The van der Waals surface area contributed by atoms with Gasteiger partial charge in [-0.1, -0.05) is 23.7 Å². The van der Waals surface area contributed by atoms with Gasteiger partial charge >= 0.3 is 0 Å². The fourth-order valence-electron chi connectivity index (χ4n) is 3.55. The van der Waals surface area contributed by atoms with Gasteiger partial charge in [0.25, 0.3) is 5.91 Å². The minimum Gasteiger partial charge on any atom is -0.481 e. The second-order valence-corrected chi connectivity index (χ2v) is 6.94. The highest BCUT2D eigenvalue weighted by Gasteiger charge is 2.30. The van der Waals surface area contributed by atoms with Crippen molar-refractivity contribution in [3.8, 4) is 5.75 Å². The zero-order valence-corrected chi connectivity index (χ0v) is 15.3. The molecule has 0 N–H and O–H groups in total. The Morgan fingerprint density at radius 1 is 1.22 bits per heavy atom. The lowest BCUT2D eigenvalue weighted by molar-refractivity contribution is -0.134. The van der Waals surface area contributed by atoms with E-state index >= 15 is 0 Å². The minimum absolute atomic E-state index is 0.0400. The highest BCUT2D eigenvalue weighted by atomic mass is 35.5. The molecule has 4 nitrogen and oxygen atoms in total. The van der Waals surface area contributed by atoms with E-state index in [1.54, 1.807) is 41.4 Å². The van der Waals surface area contributed by atoms with Crippen LogP contribution in [0.3, 0.4) is 0 Å². The largest absolute Gasteiger partial charge is 0.481 e. The summed E-state index contributed by atoms with van der Waals surface area (Å²) in [5.74, 6) is 0.154. The fraction of sp³-hybridized carbons (Fsp3) is 0.238. The number of hydrogen-bond donors (Lipinski definition) is 0. The average molecular weight is 385 g/mol. The van der Waals surface area contributed by atoms with E-state index in [-0.39, 0.29) is 24.4 Å². The Hall–Kier alpha value is -2.66. The van der Waals surface area contributed by atoms with Crippen LogP contribution in [0.5, 0.6) is 5.75 Å². The molecule has 1 amide bonds. The Morgan fingerprint density at radius 2 is 2.04 bits per heavy atom. The van der Waals surface area contributed by atoms with Crippen LogP contribution in [0.25, 0.3) is 10.9 Å². The molecule has 1 fully saturated rings. The van der Waals surface area contributed by atoms with Gasteiger partial charge < -0.3 is 9.64 Å². The maximum Gasteiger partial charge on any atom is 0.261 e. The van der Waals surface area contributed by atoms with Gasteiger partial charge in [-0.15, -0.1) is 0 Å². The Balaban J connectivity index is 1.49. The Morgan fingerprint density at radius 3 is 2.85 bits per heavy atom. The summed E-state index contributed by atoms with van der Waals surface area (Å²) in [6, 6.07) is 13.4. The number of hydrogen-bond acceptors (Lipinski definition) is 3. The number of rotatable bonds is 4. The van der Waals surface area contributed by atoms with Crippen LogP contribution in [0.1, 0.15) is 24.4 Å². The van der Waals surface area contributed by atoms with Crippen molar-refractivity contribution in [2.24, 2.45) is 0 Å². The topological polar surface area (TPSA) is 42.4 Å². The van der Waals surface area contributed by atoms with Gasteiger partial charge in [0, 0.05) is 18.1 Å². The van der Waals surface area contributed by atoms with Crippen molar-refractivity contribution in [3.63, 3.8) is 0 Å². The summed E-state index contributed by atoms with van der Waals surface area (Å²) in [5, 5.41) is 1.38. The van der Waals surface area contributed by atoms with E-state index in [4.69, 9.17) is 16.3 Å². The number of fused-ring (bicyclic) bond motifs is 1. The smallest absolute Gasteiger partial charge is 0.261 e. The number of carbonyl (C=O) groups is 1. The number of benzene rings is 2. The quantitative estimate of drug-likeness (QED) is 0.650. The van der Waals surface area contributed by atoms with Crippen LogP contribution >= 0.6 is 11.6 Å². The van der Waals surface area contributed by atoms with Gasteiger partial charge in [0.05, 0.1) is 11.1 Å². The van der Waals surface area contributed by atoms with Crippen LogP contribution in [0, 0.1) is 5.82 Å². The predicted molar refractivity (Wildman–Crippen MR) is 102 cm³/mol. The molecule has 3 aromatic rings. The van der Waals surface area contributed by atoms with E-state index in [2.05, 4.69) is 4.98 Å². The lowest BCUT2D eigenvalue weighted by atomic mass is 10.0. The molecular formula is C21H18ClFN2O2. The number of halogens is 2. The summed E-state index contributed by atoms with van der Waals surface area (Å²) >= 11 is 6.20. The molecule has 1 aliphatic heterocycles. The van der Waals surface area contributed by atoms with E-state index in [9.17, 15) is 9.18 Å². The number of likely N-dealkylation sites (tertiary alicyclic amines) is 1. The normalized spacial score (nSPS) is 16.7. The van der Waals surface area contributed by atoms with Crippen molar-refractivity contribution >= 4 is 28.4 Å². The summed E-state index contributed by atoms with van der Waals surface area (Å²) in [7, 11) is 0. The van der Waals surface area contributed by atoms with E-state index in [1.165, 1.54) is 12.1 Å². The number of carbonyl (C=O) groups excluding carboxylic acids is 1. The zero-order valence-electron chi connectivity index (χ0n) is 14.6. The van der Waals surface area contributed by atoms with Gasteiger partial charge in [-0.05, 0) is 54.8 Å². The molecule has 0 saturated carbocycles. The number of nitrogens with zero attached hydrogens (tertiary/aromatic N) is 2. The number of pyridine rings is 1. The van der Waals surface area contributed by atoms with Crippen LogP contribution in [-0.4, -0.2) is 28.9 Å². The van der Waals surface area contributed by atoms with E-state index in [1.807, 2.05) is 6.07 Å². The summed E-state index contributed by atoms with van der Waals surface area (Å²) in [6.45, 7) is 0.592. The van der Waals surface area contributed by atoms with Crippen molar-refractivity contribution in [3.05, 3.63) is 71.1 Å². The molecule has 0 radical (unpaired) electrons. The summed E-state index contributed by atoms with van der Waals surface area (Å²) in [5.41, 5.74) is 1.58. The van der Waals surface area contributed by atoms with Crippen LogP contribution in [0.4, 0.5) is 4.39 Å². The first-order valence-corrected chi connectivity index (χ1v) is 9.22. The van der Waals surface area contributed by atoms with Crippen LogP contribution in [0.15, 0.2) is 54.7 Å². The molecule has 1 unspecified atom stereocenters. The van der Waals surface area contributed by atoms with E-state index in [0.717, 1.165) is 23.8 Å². The van der Waals surface area contributed by atoms with Gasteiger partial charge in [-0.25, -0.2) is 4.39 Å². The van der Waals surface area contributed by atoms with Gasteiger partial charge in [0.2, 0.25) is 0 Å². The molecule has 27 heavy (non-hydrogen) atoms. The molecular weight excluding hydrogens is 367 g/mol. The zero-order chi connectivity index (χ0) is 18.8. The van der Waals surface area contributed by atoms with Crippen molar-refractivity contribution in [2.75, 3.05) is 13.2 Å². The fourth-order valence-corrected chi connectivity index (χ4v) is 3.76. The molecule has 0 bridgehead atoms. The summed E-state index contributed by atoms with van der Waals surface area (Å²) < 4.78 is 19.0. The van der Waals surface area contributed by atoms with Crippen molar-refractivity contribution in [2.45, 2.75) is 18.9 Å². The maximum absolute atomic E-state index is 13.2. The molecule has 0 spiro atoms. The highest BCUT2D eigenvalue weighted by Crippen LogP contribution is 2.33. The number of aromatic nitrogens is 1. The Bertz CT molecular complexity index is 978. The molecule has 2 aromatic carbocycles. The SMILES string of the molecule is O=C(COc1ccc(Cl)c2cccnc12)N1CCCC1c1ccc(F)cc1. The third-order valence-electron chi connectivity index (χ3n) is 4.86. The van der Waals surface area contributed by atoms with Crippen molar-refractivity contribution in [1.29, 1.82) is 0 Å².